The maximum absolute atomic E-state index is 14.2. The summed E-state index contributed by atoms with van der Waals surface area (Å²) in [6.07, 6.45) is -2.60. The molecule has 5 heterocycles. The van der Waals surface area contributed by atoms with Crippen molar-refractivity contribution in [2.45, 2.75) is 189 Å². The molecule has 5 atom stereocenters. The lowest BCUT2D eigenvalue weighted by molar-refractivity contribution is -0.384. The van der Waals surface area contributed by atoms with E-state index < -0.39 is 133 Å². The highest BCUT2D eigenvalue weighted by molar-refractivity contribution is 6.09. The lowest BCUT2D eigenvalue weighted by Gasteiger charge is -2.18. The molecule has 148 heavy (non-hydrogen) atoms. The number of ether oxygens (including phenoxy) is 16. The second-order valence-corrected chi connectivity index (χ2v) is 35.6. The number of nitrogen functional groups attached to an aromatic ring is 3. The fraction of sp³-hybridized carbons (Fsp3) is 0.379. The van der Waals surface area contributed by atoms with E-state index in [1.54, 1.807) is 148 Å². The molecule has 3 aliphatic heterocycles. The predicted octanol–water partition coefficient (Wildman–Crippen LogP) is 13.8. The molecule has 8 aromatic rings. The van der Waals surface area contributed by atoms with Gasteiger partial charge in [-0.1, -0.05) is 49.6 Å². The van der Waals surface area contributed by atoms with Crippen LogP contribution in [0.3, 0.4) is 0 Å². The van der Waals surface area contributed by atoms with Crippen molar-refractivity contribution in [3.8, 4) is 28.0 Å². The number of carbonyl (C=O) groups excluding carboxylic acids is 10. The van der Waals surface area contributed by atoms with Crippen LogP contribution >= 0.6 is 0 Å². The standard InChI is InChI=1S/C42H48N4O12.C27H30N2O9.C14H19N3O4.C13H15NO7.C7H9N3/c1-7-27-17-33(35(48)16-25-10-12-28(13-11-25)37(43)46-40(51)53-21-30-22-54-42(5,6)58-30)32(18-29(27)20-47)31-14-15-34(38(49)44-19-26-8-9-26)45-36(31)39(50)56-24(4)57-41(52)55-23(2)3;1-5-17-10-21(25(32)33)20(11-18(17)13-30)19-8-9-22(24(31)28-12-16-6-7-16)29-23(19)26(34)37-15(4)38-27(35)36-14(2)3;1-14(2)20-8-11(21-14)7-19-13(18)17-12(16)9-3-5-10(15)6-4-9;1-13(2)19-8-11(21-13)7-18-12(15)20-10-5-3-9(4-6-10)14(16)17;8-6-3-1-5(2-4-6)7(9)10/h7,10-15,17-18,23-24,26,30,47H,1,8-9,16,19-22H2,2-6H3,(H,44,49)(H2,43,46,51);5,8-11,14-16,30H,1,6-7,12-13H2,2-4H3,(H,28,31)(H,32,33);3-6,11H,7-8,15H2,1-2H3,(H2,16,17,18);3-6,11H,7-8H2,1-2H3;1-4H,8H2,(H3,9,10). The topological polar surface area (TPSA) is 663 Å². The molecular weight excluding hydrogens is 1930 g/mol. The molecule has 5 fully saturated rings. The smallest absolute Gasteiger partial charge is 0.478 e. The number of anilines is 2. The molecule has 0 bridgehead atoms. The van der Waals surface area contributed by atoms with Gasteiger partial charge in [-0.05, 0) is 255 Å². The van der Waals surface area contributed by atoms with Crippen molar-refractivity contribution in [3.05, 3.63) is 247 Å². The first-order valence-electron chi connectivity index (χ1n) is 46.6. The number of nitrogens with zero attached hydrogens (tertiary/aromatic N) is 3. The zero-order chi connectivity index (χ0) is 109. The van der Waals surface area contributed by atoms with Gasteiger partial charge in [0, 0.05) is 90.2 Å². The SMILES string of the molecule is C=Cc1cc(C(=O)Cc2ccc(C(=N)NC(=O)OCC3COC(C)(C)O3)cc2)c(-c2ccc(C(=O)NCC3CC3)nc2C(=O)OC(C)OC(=O)OC(C)C)cc1CO.C=Cc1cc(C(=O)O)c(-c2ccc(C(=O)NCC3CC3)nc2C(=O)OC(C)OC(=O)OC(C)C)cc1CO.CC1(C)OCC(COC(=O)NC(=N)c2ccc(N)cc2)O1.CC1(C)OCC(COC(=O)Oc2ccc([N+](=O)[O-])cc2)O1.N=C(N)c1ccc(N)cc1. The number of rotatable bonds is 35. The van der Waals surface area contributed by atoms with E-state index in [1.165, 1.54) is 92.7 Å². The summed E-state index contributed by atoms with van der Waals surface area (Å²) in [5.41, 5.74) is 20.6. The Hall–Kier alpha value is -16.0. The average molecular weight is 2050 g/mol. The van der Waals surface area contributed by atoms with Gasteiger partial charge in [-0.3, -0.25) is 51.4 Å². The predicted molar refractivity (Wildman–Crippen MR) is 533 cm³/mol. The molecule has 0 spiro atoms. The van der Waals surface area contributed by atoms with Crippen LogP contribution < -0.4 is 43.2 Å². The number of ketones is 1. The number of pyridine rings is 2. The second kappa shape index (κ2) is 53.7. The number of amidine groups is 3. The molecule has 45 heteroatoms. The summed E-state index contributed by atoms with van der Waals surface area (Å²) in [6, 6.07) is 36.4. The van der Waals surface area contributed by atoms with Crippen LogP contribution in [0.25, 0.3) is 34.4 Å². The molecule has 4 amide bonds. The van der Waals surface area contributed by atoms with Crippen LogP contribution in [-0.4, -0.2) is 227 Å². The van der Waals surface area contributed by atoms with E-state index in [1.807, 2.05) is 0 Å². The summed E-state index contributed by atoms with van der Waals surface area (Å²) in [6.45, 7) is 28.2. The van der Waals surface area contributed by atoms with Crippen molar-refractivity contribution >= 4 is 113 Å². The van der Waals surface area contributed by atoms with Gasteiger partial charge in [-0.15, -0.1) is 0 Å². The number of nitro groups is 1. The first kappa shape index (κ1) is 116. The summed E-state index contributed by atoms with van der Waals surface area (Å²) in [7, 11) is 0. The Labute approximate surface area is 851 Å². The number of amides is 4. The van der Waals surface area contributed by atoms with Crippen molar-refractivity contribution in [1.82, 2.24) is 31.2 Å². The lowest BCUT2D eigenvalue weighted by Crippen LogP contribution is -2.34. The van der Waals surface area contributed by atoms with Crippen molar-refractivity contribution in [1.29, 1.82) is 16.2 Å². The number of esters is 2. The number of aliphatic hydroxyl groups excluding tert-OH is 2. The number of carbonyl (C=O) groups is 11. The first-order valence-corrected chi connectivity index (χ1v) is 46.6. The Morgan fingerprint density at radius 1 is 0.500 bits per heavy atom. The molecule has 5 unspecified atom stereocenters. The summed E-state index contributed by atoms with van der Waals surface area (Å²) >= 11 is 0. The number of nitro benzene ring substituents is 1. The minimum absolute atomic E-state index is 0.00917. The quantitative estimate of drug-likeness (QED) is 0.00168. The van der Waals surface area contributed by atoms with Crippen LogP contribution in [0, 0.1) is 38.2 Å². The molecule has 790 valence electrons. The molecule has 6 aromatic carbocycles. The highest BCUT2D eigenvalue weighted by atomic mass is 16.8. The molecule has 2 aliphatic carbocycles. The lowest BCUT2D eigenvalue weighted by atomic mass is 9.89. The van der Waals surface area contributed by atoms with Crippen molar-refractivity contribution in [2.75, 3.05) is 64.2 Å². The molecule has 0 radical (unpaired) electrons. The third kappa shape index (κ3) is 36.9. The van der Waals surface area contributed by atoms with E-state index in [9.17, 15) is 78.2 Å². The highest BCUT2D eigenvalue weighted by Gasteiger charge is 2.38. The number of non-ortho nitro benzene ring substituents is 1. The van der Waals surface area contributed by atoms with Gasteiger partial charge in [0.2, 0.25) is 12.6 Å². The van der Waals surface area contributed by atoms with Crippen molar-refractivity contribution < 1.29 is 149 Å². The fourth-order valence-electron chi connectivity index (χ4n) is 13.8. The number of carboxylic acids is 1. The van der Waals surface area contributed by atoms with Crippen LogP contribution in [0.4, 0.5) is 41.0 Å². The maximum Gasteiger partial charge on any atom is 0.513 e. The number of hydrogen-bond acceptors (Lipinski definition) is 38. The Balaban J connectivity index is 0.000000230. The third-order valence-corrected chi connectivity index (χ3v) is 21.4. The monoisotopic (exact) mass is 2050 g/mol. The van der Waals surface area contributed by atoms with Gasteiger partial charge >= 0.3 is 48.6 Å². The van der Waals surface area contributed by atoms with Gasteiger partial charge in [0.05, 0.1) is 55.7 Å². The molecule has 13 rings (SSSR count). The summed E-state index contributed by atoms with van der Waals surface area (Å²) in [4.78, 5) is 157. The fourth-order valence-corrected chi connectivity index (χ4v) is 13.8. The van der Waals surface area contributed by atoms with Crippen LogP contribution in [-0.2, 0) is 90.7 Å². The number of nitrogens with two attached hydrogens (primary N) is 3. The largest absolute Gasteiger partial charge is 0.513 e. The number of benzene rings is 6. The summed E-state index contributed by atoms with van der Waals surface area (Å²) in [5.74, 6) is -6.23. The minimum atomic E-state index is -1.42. The van der Waals surface area contributed by atoms with Gasteiger partial charge in [0.25, 0.3) is 17.5 Å². The van der Waals surface area contributed by atoms with E-state index in [2.05, 4.69) is 44.4 Å². The zero-order valence-electron chi connectivity index (χ0n) is 83.5. The van der Waals surface area contributed by atoms with Crippen LogP contribution in [0.15, 0.2) is 159 Å². The normalized spacial score (nSPS) is 16.1. The van der Waals surface area contributed by atoms with E-state index in [0.717, 1.165) is 25.7 Å². The van der Waals surface area contributed by atoms with Crippen molar-refractivity contribution in [2.24, 2.45) is 17.6 Å². The van der Waals surface area contributed by atoms with E-state index in [0.29, 0.717) is 94.0 Å². The van der Waals surface area contributed by atoms with Gasteiger partial charge in [-0.25, -0.2) is 48.3 Å². The number of alkyl carbamates (subject to hydrolysis) is 2. The minimum Gasteiger partial charge on any atom is -0.478 e. The number of Topliss-reactive ketones (excluding diaryl/α,β-unsaturated/α-hetero) is 1. The summed E-state index contributed by atoms with van der Waals surface area (Å²) in [5, 5.41) is 73.9. The third-order valence-electron chi connectivity index (χ3n) is 21.4. The number of nitrogens with one attached hydrogen (secondary N) is 7. The van der Waals surface area contributed by atoms with Gasteiger partial charge in [-0.2, -0.15) is 0 Å². The molecule has 2 aromatic heterocycles. The average Bonchev–Trinajstić information content (AvgIpc) is 0.964. The van der Waals surface area contributed by atoms with Gasteiger partial charge in [0.15, 0.2) is 34.5 Å². The Kier molecular flexibility index (Phi) is 41.9. The van der Waals surface area contributed by atoms with E-state index in [4.69, 9.17) is 109 Å². The van der Waals surface area contributed by atoms with E-state index >= 15 is 0 Å². The van der Waals surface area contributed by atoms with Crippen LogP contribution in [0.1, 0.15) is 216 Å². The number of hydrogen-bond donors (Lipinski definition) is 13. The molecule has 16 N–H and O–H groups in total. The zero-order valence-corrected chi connectivity index (χ0v) is 83.5. The Bertz CT molecular complexity index is 6150. The molecule has 3 saturated heterocycles. The molecule has 45 nitrogen and oxygen atoms in total. The van der Waals surface area contributed by atoms with Crippen molar-refractivity contribution in [3.63, 3.8) is 0 Å². The Morgan fingerprint density at radius 3 is 1.23 bits per heavy atom. The molecular formula is C103H121N13O32. The summed E-state index contributed by atoms with van der Waals surface area (Å²) < 4.78 is 83.2. The molecule has 2 saturated carbocycles. The first-order chi connectivity index (χ1) is 70.0. The van der Waals surface area contributed by atoms with Crippen LogP contribution in [0.2, 0.25) is 0 Å². The number of aliphatic hydroxyl groups is 2. The number of aromatic carboxylic acids is 1. The van der Waals surface area contributed by atoms with Gasteiger partial charge in [0.1, 0.15) is 72.8 Å². The second-order valence-electron chi connectivity index (χ2n) is 35.6. The Morgan fingerprint density at radius 2 is 0.878 bits per heavy atom. The van der Waals surface area contributed by atoms with E-state index in [-0.39, 0.29) is 130 Å². The number of carboxylic acid groups (broad SMARTS) is 1. The van der Waals surface area contributed by atoms with Crippen LogP contribution in [0.5, 0.6) is 5.75 Å². The highest BCUT2D eigenvalue weighted by Crippen LogP contribution is 2.37. The molecule has 5 aliphatic rings. The maximum atomic E-state index is 14.2. The number of aromatic nitrogens is 2. The van der Waals surface area contributed by atoms with Gasteiger partial charge < -0.3 is 119 Å².